The van der Waals surface area contributed by atoms with E-state index >= 15 is 0 Å². The standard InChI is InChI=1S/C29H25ClN2O4S/c30-26-16-18-28(19-17-26)37(34,35)32(27-13-5-2-6-14-27)21-25-12-8-7-11-24(25)15-20-29(33)31-36-22-23-9-3-1-4-10-23/h1-20H,21-22H2,(H,31,33). The highest BCUT2D eigenvalue weighted by atomic mass is 35.5. The van der Waals surface area contributed by atoms with E-state index in [0.29, 0.717) is 16.3 Å². The Bertz CT molecular complexity index is 1460. The summed E-state index contributed by atoms with van der Waals surface area (Å²) in [6, 6.07) is 31.7. The summed E-state index contributed by atoms with van der Waals surface area (Å²) >= 11 is 5.97. The second-order valence-corrected chi connectivity index (χ2v) is 10.4. The summed E-state index contributed by atoms with van der Waals surface area (Å²) in [4.78, 5) is 17.7. The van der Waals surface area contributed by atoms with Gasteiger partial charge in [-0.15, -0.1) is 0 Å². The van der Waals surface area contributed by atoms with Gasteiger partial charge in [-0.2, -0.15) is 0 Å². The number of carbonyl (C=O) groups excluding carboxylic acids is 1. The monoisotopic (exact) mass is 532 g/mol. The highest BCUT2D eigenvalue weighted by Crippen LogP contribution is 2.27. The molecule has 0 radical (unpaired) electrons. The summed E-state index contributed by atoms with van der Waals surface area (Å²) in [5.41, 5.74) is 5.26. The lowest BCUT2D eigenvalue weighted by molar-refractivity contribution is -0.129. The summed E-state index contributed by atoms with van der Waals surface area (Å²) in [5.74, 6) is -0.431. The minimum Gasteiger partial charge on any atom is -0.269 e. The summed E-state index contributed by atoms with van der Waals surface area (Å²) in [6.07, 6.45) is 2.99. The first-order valence-corrected chi connectivity index (χ1v) is 13.3. The zero-order chi connectivity index (χ0) is 26.1. The van der Waals surface area contributed by atoms with Gasteiger partial charge in [0.05, 0.1) is 23.7 Å². The Morgan fingerprint density at radius 2 is 1.46 bits per heavy atom. The smallest absolute Gasteiger partial charge is 0.267 e. The first-order valence-electron chi connectivity index (χ1n) is 11.5. The van der Waals surface area contributed by atoms with Crippen LogP contribution in [0.3, 0.4) is 0 Å². The predicted molar refractivity (Wildman–Crippen MR) is 146 cm³/mol. The maximum absolute atomic E-state index is 13.6. The Balaban J connectivity index is 1.54. The van der Waals surface area contributed by atoms with E-state index in [4.69, 9.17) is 16.4 Å². The van der Waals surface area contributed by atoms with Crippen molar-refractivity contribution in [3.63, 3.8) is 0 Å². The lowest BCUT2D eigenvalue weighted by atomic mass is 10.1. The molecule has 188 valence electrons. The van der Waals surface area contributed by atoms with E-state index in [9.17, 15) is 13.2 Å². The molecule has 0 bridgehead atoms. The summed E-state index contributed by atoms with van der Waals surface area (Å²) in [7, 11) is -3.90. The molecule has 4 aromatic rings. The second-order valence-electron chi connectivity index (χ2n) is 8.07. The average Bonchev–Trinajstić information content (AvgIpc) is 2.92. The number of hydrogen-bond donors (Lipinski definition) is 1. The highest BCUT2D eigenvalue weighted by Gasteiger charge is 2.25. The molecule has 4 aromatic carbocycles. The highest BCUT2D eigenvalue weighted by molar-refractivity contribution is 7.92. The zero-order valence-corrected chi connectivity index (χ0v) is 21.4. The van der Waals surface area contributed by atoms with Crippen LogP contribution < -0.4 is 9.79 Å². The third-order valence-electron chi connectivity index (χ3n) is 5.48. The largest absolute Gasteiger partial charge is 0.269 e. The van der Waals surface area contributed by atoms with Crippen LogP contribution in [0.5, 0.6) is 0 Å². The number of sulfonamides is 1. The van der Waals surface area contributed by atoms with Crippen molar-refractivity contribution in [3.05, 3.63) is 137 Å². The molecule has 0 heterocycles. The van der Waals surface area contributed by atoms with Gasteiger partial charge in [-0.3, -0.25) is 13.9 Å². The quantitative estimate of drug-likeness (QED) is 0.201. The molecule has 0 atom stereocenters. The maximum atomic E-state index is 13.6. The SMILES string of the molecule is O=C(C=Cc1ccccc1CN(c1ccccc1)S(=O)(=O)c1ccc(Cl)cc1)NOCc1ccccc1. The third-order valence-corrected chi connectivity index (χ3v) is 7.52. The molecule has 0 saturated carbocycles. The van der Waals surface area contributed by atoms with Crippen molar-refractivity contribution >= 4 is 39.3 Å². The zero-order valence-electron chi connectivity index (χ0n) is 19.8. The molecule has 1 amide bonds. The summed E-state index contributed by atoms with van der Waals surface area (Å²) in [6.45, 7) is 0.299. The number of nitrogens with zero attached hydrogens (tertiary/aromatic N) is 1. The molecule has 37 heavy (non-hydrogen) atoms. The van der Waals surface area contributed by atoms with E-state index in [1.807, 2.05) is 60.7 Å². The minimum atomic E-state index is -3.90. The van der Waals surface area contributed by atoms with E-state index < -0.39 is 15.9 Å². The molecule has 1 N–H and O–H groups in total. The lowest BCUT2D eigenvalue weighted by Crippen LogP contribution is -2.30. The van der Waals surface area contributed by atoms with Crippen molar-refractivity contribution in [2.24, 2.45) is 0 Å². The van der Waals surface area contributed by atoms with Crippen molar-refractivity contribution in [1.82, 2.24) is 5.48 Å². The van der Waals surface area contributed by atoms with Crippen molar-refractivity contribution in [2.45, 2.75) is 18.0 Å². The number of nitrogens with one attached hydrogen (secondary N) is 1. The molecule has 0 aliphatic carbocycles. The first-order chi connectivity index (χ1) is 17.9. The van der Waals surface area contributed by atoms with Gasteiger partial charge in [-0.25, -0.2) is 13.9 Å². The summed E-state index contributed by atoms with van der Waals surface area (Å²) < 4.78 is 28.6. The van der Waals surface area contributed by atoms with Crippen LogP contribution in [0.25, 0.3) is 6.08 Å². The Morgan fingerprint density at radius 1 is 0.838 bits per heavy atom. The van der Waals surface area contributed by atoms with Gasteiger partial charge in [-0.05, 0) is 59.2 Å². The Hall–Kier alpha value is -3.91. The Labute approximate surface area is 221 Å². The molecular formula is C29H25ClN2O4S. The second kappa shape index (κ2) is 12.4. The Kier molecular flexibility index (Phi) is 8.74. The predicted octanol–water partition coefficient (Wildman–Crippen LogP) is 6.00. The number of carbonyl (C=O) groups is 1. The number of hydroxylamine groups is 1. The molecule has 0 spiro atoms. The van der Waals surface area contributed by atoms with E-state index in [0.717, 1.165) is 11.1 Å². The van der Waals surface area contributed by atoms with Crippen LogP contribution in [0.15, 0.2) is 120 Å². The third kappa shape index (κ3) is 7.07. The van der Waals surface area contributed by atoms with Gasteiger partial charge in [0, 0.05) is 11.1 Å². The molecule has 0 aromatic heterocycles. The minimum absolute atomic E-state index is 0.0572. The van der Waals surface area contributed by atoms with Crippen LogP contribution >= 0.6 is 11.6 Å². The van der Waals surface area contributed by atoms with Gasteiger partial charge in [0.15, 0.2) is 0 Å². The van der Waals surface area contributed by atoms with Crippen molar-refractivity contribution in [3.8, 4) is 0 Å². The molecule has 0 aliphatic heterocycles. The van der Waals surface area contributed by atoms with Crippen molar-refractivity contribution in [2.75, 3.05) is 4.31 Å². The number of hydrogen-bond acceptors (Lipinski definition) is 4. The molecule has 8 heteroatoms. The molecule has 0 fully saturated rings. The number of benzene rings is 4. The Morgan fingerprint density at radius 3 is 2.16 bits per heavy atom. The van der Waals surface area contributed by atoms with Gasteiger partial charge in [0.25, 0.3) is 15.9 Å². The topological polar surface area (TPSA) is 75.7 Å². The molecule has 0 saturated heterocycles. The number of rotatable bonds is 10. The molecule has 4 rings (SSSR count). The van der Waals surface area contributed by atoms with Crippen molar-refractivity contribution < 1.29 is 18.0 Å². The van der Waals surface area contributed by atoms with Crippen molar-refractivity contribution in [1.29, 1.82) is 0 Å². The number of para-hydroxylation sites is 1. The molecule has 0 aliphatic rings. The fraction of sp³-hybridized carbons (Fsp3) is 0.0690. The fourth-order valence-corrected chi connectivity index (χ4v) is 5.17. The number of halogens is 1. The maximum Gasteiger partial charge on any atom is 0.267 e. The van der Waals surface area contributed by atoms with Gasteiger partial charge in [0.2, 0.25) is 0 Å². The van der Waals surface area contributed by atoms with Crippen LogP contribution in [-0.4, -0.2) is 14.3 Å². The van der Waals surface area contributed by atoms with Crippen LogP contribution in [-0.2, 0) is 32.8 Å². The van der Waals surface area contributed by atoms with E-state index in [1.165, 1.54) is 22.5 Å². The van der Waals surface area contributed by atoms with Crippen LogP contribution in [0.1, 0.15) is 16.7 Å². The van der Waals surface area contributed by atoms with E-state index in [1.54, 1.807) is 42.5 Å². The van der Waals surface area contributed by atoms with E-state index in [-0.39, 0.29) is 18.0 Å². The van der Waals surface area contributed by atoms with Crippen LogP contribution in [0.4, 0.5) is 5.69 Å². The number of amides is 1. The fourth-order valence-electron chi connectivity index (χ4n) is 3.60. The van der Waals surface area contributed by atoms with Gasteiger partial charge in [0.1, 0.15) is 0 Å². The van der Waals surface area contributed by atoms with Crippen LogP contribution in [0, 0.1) is 0 Å². The molecular weight excluding hydrogens is 508 g/mol. The van der Waals surface area contributed by atoms with Gasteiger partial charge < -0.3 is 0 Å². The normalized spacial score (nSPS) is 11.4. The van der Waals surface area contributed by atoms with Crippen LogP contribution in [0.2, 0.25) is 5.02 Å². The van der Waals surface area contributed by atoms with Gasteiger partial charge >= 0.3 is 0 Å². The van der Waals surface area contributed by atoms with E-state index in [2.05, 4.69) is 5.48 Å². The number of anilines is 1. The van der Waals surface area contributed by atoms with Gasteiger partial charge in [-0.1, -0.05) is 84.4 Å². The lowest BCUT2D eigenvalue weighted by Gasteiger charge is -2.25. The summed E-state index contributed by atoms with van der Waals surface area (Å²) in [5, 5.41) is 0.451. The average molecular weight is 533 g/mol. The first kappa shape index (κ1) is 26.2. The molecule has 6 nitrogen and oxygen atoms in total. The molecule has 0 unspecified atom stereocenters.